The van der Waals surface area contributed by atoms with E-state index >= 15 is 0 Å². The Labute approximate surface area is 82.8 Å². The summed E-state index contributed by atoms with van der Waals surface area (Å²) in [5.41, 5.74) is 0. The second-order valence-electron chi connectivity index (χ2n) is 3.77. The number of rotatable bonds is 4. The predicted molar refractivity (Wildman–Crippen MR) is 50.9 cm³/mol. The molecule has 14 heavy (non-hydrogen) atoms. The summed E-state index contributed by atoms with van der Waals surface area (Å²) in [6, 6.07) is -0.598. The number of nitrogens with zero attached hydrogens (tertiary/aromatic N) is 3. The molecule has 1 heterocycles. The predicted octanol–water partition coefficient (Wildman–Crippen LogP) is 1.12. The van der Waals surface area contributed by atoms with Gasteiger partial charge in [0.2, 0.25) is 0 Å². The van der Waals surface area contributed by atoms with Crippen molar-refractivity contribution in [2.24, 2.45) is 5.92 Å². The molecule has 0 amide bonds. The van der Waals surface area contributed by atoms with Crippen LogP contribution in [0.15, 0.2) is 6.33 Å². The minimum Gasteiger partial charge on any atom is -0.480 e. The monoisotopic (exact) mass is 197 g/mol. The number of aliphatic carboxylic acids is 1. The molecule has 0 aromatic carbocycles. The summed E-state index contributed by atoms with van der Waals surface area (Å²) in [7, 11) is 0. The zero-order valence-corrected chi connectivity index (χ0v) is 8.64. The maximum Gasteiger partial charge on any atom is 0.326 e. The summed E-state index contributed by atoms with van der Waals surface area (Å²) in [5.74, 6) is 0.309. The Balaban J connectivity index is 2.86. The van der Waals surface area contributed by atoms with Gasteiger partial charge in [0.1, 0.15) is 18.2 Å². The number of aromatic nitrogens is 3. The number of hydrogen-bond acceptors (Lipinski definition) is 3. The Hall–Kier alpha value is -1.39. The first-order valence-corrected chi connectivity index (χ1v) is 4.63. The van der Waals surface area contributed by atoms with E-state index < -0.39 is 12.0 Å². The van der Waals surface area contributed by atoms with Gasteiger partial charge in [-0.1, -0.05) is 13.8 Å². The van der Waals surface area contributed by atoms with Gasteiger partial charge in [-0.3, -0.25) is 0 Å². The van der Waals surface area contributed by atoms with E-state index in [-0.39, 0.29) is 0 Å². The van der Waals surface area contributed by atoms with Crippen molar-refractivity contribution in [3.05, 3.63) is 12.2 Å². The molecule has 1 unspecified atom stereocenters. The van der Waals surface area contributed by atoms with E-state index in [4.69, 9.17) is 5.11 Å². The van der Waals surface area contributed by atoms with E-state index in [0.29, 0.717) is 5.92 Å². The molecule has 0 saturated heterocycles. The van der Waals surface area contributed by atoms with Crippen molar-refractivity contribution < 1.29 is 9.90 Å². The Morgan fingerprint density at radius 1 is 1.57 bits per heavy atom. The Morgan fingerprint density at radius 2 is 2.21 bits per heavy atom. The molecule has 5 nitrogen and oxygen atoms in total. The quantitative estimate of drug-likeness (QED) is 0.785. The summed E-state index contributed by atoms with van der Waals surface area (Å²) in [4.78, 5) is 10.8. The van der Waals surface area contributed by atoms with Crippen molar-refractivity contribution in [2.45, 2.75) is 33.2 Å². The van der Waals surface area contributed by atoms with Crippen LogP contribution in [0.1, 0.15) is 32.6 Å². The summed E-state index contributed by atoms with van der Waals surface area (Å²) in [6.45, 7) is 5.74. The molecule has 0 aliphatic heterocycles. The topological polar surface area (TPSA) is 68.0 Å². The second kappa shape index (κ2) is 4.21. The van der Waals surface area contributed by atoms with E-state index in [2.05, 4.69) is 24.0 Å². The molecule has 0 aliphatic rings. The SMILES string of the molecule is CC(C)Cc1nncn1C(C)C(=O)O. The minimum absolute atomic E-state index is 0.443. The lowest BCUT2D eigenvalue weighted by Crippen LogP contribution is -2.18. The van der Waals surface area contributed by atoms with Gasteiger partial charge < -0.3 is 9.67 Å². The smallest absolute Gasteiger partial charge is 0.326 e. The Bertz CT molecular complexity index is 320. The molecule has 1 atom stereocenters. The molecule has 5 heteroatoms. The van der Waals surface area contributed by atoms with E-state index in [0.717, 1.165) is 12.2 Å². The molecule has 1 aromatic rings. The first kappa shape index (κ1) is 10.7. The molecule has 0 fully saturated rings. The zero-order valence-electron chi connectivity index (χ0n) is 8.64. The van der Waals surface area contributed by atoms with Crippen LogP contribution in [-0.2, 0) is 11.2 Å². The lowest BCUT2D eigenvalue weighted by molar-refractivity contribution is -0.140. The van der Waals surface area contributed by atoms with Gasteiger partial charge in [-0.25, -0.2) is 4.79 Å². The van der Waals surface area contributed by atoms with Gasteiger partial charge in [0.25, 0.3) is 0 Å². The van der Waals surface area contributed by atoms with Crippen LogP contribution in [-0.4, -0.2) is 25.8 Å². The maximum absolute atomic E-state index is 10.8. The molecule has 1 aromatic heterocycles. The first-order chi connectivity index (χ1) is 6.52. The highest BCUT2D eigenvalue weighted by Crippen LogP contribution is 2.11. The molecule has 0 spiro atoms. The number of carbonyl (C=O) groups is 1. The molecular formula is C9H15N3O2. The molecule has 78 valence electrons. The zero-order chi connectivity index (χ0) is 10.7. The summed E-state index contributed by atoms with van der Waals surface area (Å²) < 4.78 is 1.60. The molecule has 1 rings (SSSR count). The standard InChI is InChI=1S/C9H15N3O2/c1-6(2)4-8-11-10-5-12(8)7(3)9(13)14/h5-7H,4H2,1-3H3,(H,13,14). The second-order valence-corrected chi connectivity index (χ2v) is 3.77. The average molecular weight is 197 g/mol. The van der Waals surface area contributed by atoms with Crippen LogP contribution >= 0.6 is 0 Å². The van der Waals surface area contributed by atoms with Crippen molar-refractivity contribution in [3.8, 4) is 0 Å². The third-order valence-electron chi connectivity index (χ3n) is 2.01. The molecule has 0 bridgehead atoms. The first-order valence-electron chi connectivity index (χ1n) is 4.63. The summed E-state index contributed by atoms with van der Waals surface area (Å²) >= 11 is 0. The third-order valence-corrected chi connectivity index (χ3v) is 2.01. The van der Waals surface area contributed by atoms with Crippen LogP contribution in [0.5, 0.6) is 0 Å². The van der Waals surface area contributed by atoms with Crippen molar-refractivity contribution >= 4 is 5.97 Å². The van der Waals surface area contributed by atoms with Crippen LogP contribution in [0.25, 0.3) is 0 Å². The van der Waals surface area contributed by atoms with Crippen LogP contribution in [0.2, 0.25) is 0 Å². The number of carboxylic acids is 1. The highest BCUT2D eigenvalue weighted by atomic mass is 16.4. The molecule has 1 N–H and O–H groups in total. The van der Waals surface area contributed by atoms with Gasteiger partial charge in [0, 0.05) is 6.42 Å². The Kier molecular flexibility index (Phi) is 3.22. The number of hydrogen-bond donors (Lipinski definition) is 1. The largest absolute Gasteiger partial charge is 0.480 e. The van der Waals surface area contributed by atoms with Crippen LogP contribution in [0.3, 0.4) is 0 Å². The third kappa shape index (κ3) is 2.31. The highest BCUT2D eigenvalue weighted by molar-refractivity contribution is 5.71. The number of carboxylic acid groups (broad SMARTS) is 1. The van der Waals surface area contributed by atoms with Crippen molar-refractivity contribution in [1.29, 1.82) is 0 Å². The van der Waals surface area contributed by atoms with Gasteiger partial charge in [-0.05, 0) is 12.8 Å². The van der Waals surface area contributed by atoms with E-state index in [1.54, 1.807) is 11.5 Å². The fourth-order valence-electron chi connectivity index (χ4n) is 1.22. The van der Waals surface area contributed by atoms with Crippen molar-refractivity contribution in [2.75, 3.05) is 0 Å². The van der Waals surface area contributed by atoms with Gasteiger partial charge in [-0.15, -0.1) is 10.2 Å². The molecular weight excluding hydrogens is 182 g/mol. The molecule has 0 radical (unpaired) electrons. The molecule has 0 saturated carbocycles. The lowest BCUT2D eigenvalue weighted by atomic mass is 10.1. The fourth-order valence-corrected chi connectivity index (χ4v) is 1.22. The lowest BCUT2D eigenvalue weighted by Gasteiger charge is -2.11. The van der Waals surface area contributed by atoms with E-state index in [9.17, 15) is 4.79 Å². The van der Waals surface area contributed by atoms with Gasteiger partial charge in [-0.2, -0.15) is 0 Å². The van der Waals surface area contributed by atoms with Crippen molar-refractivity contribution in [1.82, 2.24) is 14.8 Å². The summed E-state index contributed by atoms with van der Waals surface area (Å²) in [5, 5.41) is 16.5. The normalized spacial score (nSPS) is 13.1. The van der Waals surface area contributed by atoms with Crippen LogP contribution < -0.4 is 0 Å². The van der Waals surface area contributed by atoms with Crippen LogP contribution in [0, 0.1) is 5.92 Å². The van der Waals surface area contributed by atoms with Gasteiger partial charge in [0.05, 0.1) is 0 Å². The fraction of sp³-hybridized carbons (Fsp3) is 0.667. The van der Waals surface area contributed by atoms with Crippen molar-refractivity contribution in [3.63, 3.8) is 0 Å². The average Bonchev–Trinajstić information content (AvgIpc) is 2.49. The van der Waals surface area contributed by atoms with Crippen LogP contribution in [0.4, 0.5) is 0 Å². The van der Waals surface area contributed by atoms with Gasteiger partial charge >= 0.3 is 5.97 Å². The van der Waals surface area contributed by atoms with E-state index in [1.165, 1.54) is 6.33 Å². The Morgan fingerprint density at radius 3 is 2.71 bits per heavy atom. The molecule has 0 aliphatic carbocycles. The highest BCUT2D eigenvalue weighted by Gasteiger charge is 2.17. The minimum atomic E-state index is -0.866. The van der Waals surface area contributed by atoms with E-state index in [1.807, 2.05) is 0 Å². The maximum atomic E-state index is 10.8. The summed E-state index contributed by atoms with van der Waals surface area (Å²) in [6.07, 6.45) is 2.22. The van der Waals surface area contributed by atoms with Gasteiger partial charge in [0.15, 0.2) is 0 Å².